The third kappa shape index (κ3) is 5.22. The van der Waals surface area contributed by atoms with Crippen LogP contribution in [0.3, 0.4) is 0 Å². The van der Waals surface area contributed by atoms with Gasteiger partial charge in [-0.05, 0) is 0 Å². The van der Waals surface area contributed by atoms with Gasteiger partial charge in [0.25, 0.3) is 0 Å². The highest BCUT2D eigenvalue weighted by Gasteiger charge is 2.48. The molecule has 0 amide bonds. The molecule has 0 radical (unpaired) electrons. The van der Waals surface area contributed by atoms with E-state index in [1.807, 2.05) is 0 Å². The van der Waals surface area contributed by atoms with E-state index >= 15 is 0 Å². The molecule has 1 aliphatic heterocycles. The molecule has 0 aliphatic carbocycles. The highest BCUT2D eigenvalue weighted by atomic mass is 33.1. The summed E-state index contributed by atoms with van der Waals surface area (Å²) < 4.78 is 7.31. The second kappa shape index (κ2) is 10.2. The molecule has 1 unspecified atom stereocenters. The fraction of sp³-hybridized carbons (Fsp3) is 0.562. The Morgan fingerprint density at radius 3 is 2.50 bits per heavy atom. The largest absolute Gasteiger partial charge is 0.480 e. The Morgan fingerprint density at radius 2 is 1.84 bits per heavy atom. The molecule has 0 bridgehead atoms. The summed E-state index contributed by atoms with van der Waals surface area (Å²) in [5.74, 6) is -2.10. The zero-order chi connectivity index (χ0) is 23.6. The summed E-state index contributed by atoms with van der Waals surface area (Å²) >= 11 is 0. The normalized spacial score (nSPS) is 26.1. The number of fused-ring (bicyclic) bond motifs is 1. The number of aliphatic hydroxyl groups excluding tert-OH is 2. The number of ether oxygens (including phenoxy) is 1. The van der Waals surface area contributed by atoms with Crippen LogP contribution in [0.4, 0.5) is 5.82 Å². The van der Waals surface area contributed by atoms with Gasteiger partial charge in [0, 0.05) is 0 Å². The predicted octanol–water partition coefficient (Wildman–Crippen LogP) is -2.88. The molecule has 2 aromatic rings. The molecule has 1 saturated heterocycles. The number of aliphatic hydroxyl groups is 2. The molecule has 7 atom stereocenters. The fourth-order valence-electron chi connectivity index (χ4n) is 3.01. The monoisotopic (exact) mass is 490 g/mol. The molecule has 32 heavy (non-hydrogen) atoms. The third-order valence-electron chi connectivity index (χ3n) is 4.76. The van der Waals surface area contributed by atoms with Gasteiger partial charge in [0.1, 0.15) is 53.7 Å². The zero-order valence-electron chi connectivity index (χ0n) is 16.6. The summed E-state index contributed by atoms with van der Waals surface area (Å²) in [6.07, 6.45) is -1.96. The number of anilines is 1. The zero-order valence-corrected chi connectivity index (χ0v) is 18.2. The van der Waals surface area contributed by atoms with Crippen LogP contribution in [0, 0.1) is 0 Å². The minimum absolute atomic E-state index is 0.0114. The summed E-state index contributed by atoms with van der Waals surface area (Å²) in [6, 6.07) is -2.34. The first-order valence-electron chi connectivity index (χ1n) is 9.32. The van der Waals surface area contributed by atoms with Crippen molar-refractivity contribution in [3.05, 3.63) is 12.7 Å². The van der Waals surface area contributed by atoms with Gasteiger partial charge in [0.15, 0.2) is 17.7 Å². The standard InChI is InChI=1S/C16H23N7O7S2/c17-6(15(26)27)1-31-32(2-7(18)16(28)29)3-8-10(24)11(25)14(30-8)23-5-22-9-12(19)20-4-21-13(9)23/h4-8,10-11,14,24-25H,1-3,17-18H2,(H3-,19,20,21,26,27,28,29)/p+1/t6-,7-,8+,10+,11+,14+,32?/m0/s1. The van der Waals surface area contributed by atoms with Gasteiger partial charge in [-0.15, -0.1) is 0 Å². The van der Waals surface area contributed by atoms with Gasteiger partial charge in [-0.1, -0.05) is 0 Å². The van der Waals surface area contributed by atoms with E-state index in [-0.39, 0.29) is 23.1 Å². The van der Waals surface area contributed by atoms with Crippen molar-refractivity contribution in [2.75, 3.05) is 23.0 Å². The minimum Gasteiger partial charge on any atom is -0.480 e. The number of carboxylic acid groups (broad SMARTS) is 2. The average molecular weight is 491 g/mol. The van der Waals surface area contributed by atoms with Crippen LogP contribution in [0.15, 0.2) is 12.7 Å². The van der Waals surface area contributed by atoms with E-state index in [0.29, 0.717) is 11.2 Å². The molecule has 3 heterocycles. The number of hydrogen-bond donors (Lipinski definition) is 7. The second-order valence-electron chi connectivity index (χ2n) is 7.08. The van der Waals surface area contributed by atoms with E-state index in [2.05, 4.69) is 15.0 Å². The van der Waals surface area contributed by atoms with Crippen LogP contribution in [0.1, 0.15) is 6.23 Å². The van der Waals surface area contributed by atoms with Crippen molar-refractivity contribution in [1.29, 1.82) is 0 Å². The van der Waals surface area contributed by atoms with Crippen LogP contribution in [-0.2, 0) is 24.3 Å². The summed E-state index contributed by atoms with van der Waals surface area (Å²) in [5.41, 5.74) is 17.6. The molecular weight excluding hydrogens is 466 g/mol. The predicted molar refractivity (Wildman–Crippen MR) is 116 cm³/mol. The van der Waals surface area contributed by atoms with Crippen LogP contribution in [0.25, 0.3) is 11.2 Å². The van der Waals surface area contributed by atoms with Crippen molar-refractivity contribution in [3.63, 3.8) is 0 Å². The molecule has 14 nitrogen and oxygen atoms in total. The van der Waals surface area contributed by atoms with Crippen molar-refractivity contribution < 1.29 is 34.8 Å². The summed E-state index contributed by atoms with van der Waals surface area (Å²) in [5, 5.41) is 39.3. The number of aliphatic carboxylic acids is 2. The Labute approximate surface area is 187 Å². The molecule has 16 heteroatoms. The molecule has 176 valence electrons. The van der Waals surface area contributed by atoms with Crippen LogP contribution in [-0.4, -0.2) is 99.5 Å². The van der Waals surface area contributed by atoms with E-state index in [1.165, 1.54) is 17.2 Å². The SMILES string of the molecule is Nc1ncnc2c1ncn2[C@@H]1O[C@H](C[S+](C[C@H](N)C(=O)O)SC[C@H](N)C(=O)O)[C@@H](O)[C@H]1O. The van der Waals surface area contributed by atoms with Gasteiger partial charge in [-0.25, -0.2) is 15.0 Å². The first kappa shape index (κ1) is 24.4. The molecule has 3 rings (SSSR count). The third-order valence-corrected chi connectivity index (χ3v) is 9.25. The van der Waals surface area contributed by atoms with Crippen molar-refractivity contribution in [3.8, 4) is 0 Å². The van der Waals surface area contributed by atoms with Crippen LogP contribution < -0.4 is 17.2 Å². The summed E-state index contributed by atoms with van der Waals surface area (Å²) in [4.78, 5) is 34.3. The second-order valence-corrected chi connectivity index (χ2v) is 11.3. The maximum Gasteiger partial charge on any atom is 0.325 e. The molecule has 1 aliphatic rings. The first-order chi connectivity index (χ1) is 15.1. The van der Waals surface area contributed by atoms with E-state index in [4.69, 9.17) is 32.2 Å². The van der Waals surface area contributed by atoms with Crippen molar-refractivity contribution in [1.82, 2.24) is 19.5 Å². The molecule has 0 saturated carbocycles. The summed E-state index contributed by atoms with van der Waals surface area (Å²) in [6.45, 7) is 0. The Kier molecular flexibility index (Phi) is 7.75. The lowest BCUT2D eigenvalue weighted by Gasteiger charge is -2.17. The van der Waals surface area contributed by atoms with Crippen LogP contribution >= 0.6 is 10.8 Å². The van der Waals surface area contributed by atoms with Gasteiger partial charge in [0.2, 0.25) is 0 Å². The molecule has 1 fully saturated rings. The van der Waals surface area contributed by atoms with Gasteiger partial charge < -0.3 is 42.4 Å². The van der Waals surface area contributed by atoms with Gasteiger partial charge in [0.05, 0.1) is 32.8 Å². The number of imidazole rings is 1. The van der Waals surface area contributed by atoms with Crippen molar-refractivity contribution >= 4 is 49.6 Å². The molecule has 10 N–H and O–H groups in total. The molecule has 0 aromatic carbocycles. The topological polar surface area (TPSA) is 246 Å². The minimum atomic E-state index is -1.33. The van der Waals surface area contributed by atoms with Gasteiger partial charge in [-0.2, -0.15) is 0 Å². The number of nitrogen functional groups attached to an aromatic ring is 1. The Bertz CT molecular complexity index is 979. The maximum absolute atomic E-state index is 11.2. The number of carbonyl (C=O) groups is 2. The first-order valence-corrected chi connectivity index (χ1v) is 12.4. The highest BCUT2D eigenvalue weighted by Crippen LogP contribution is 2.34. The number of aromatic nitrogens is 4. The molecular formula is C16H24N7O7S2+. The molecule has 0 spiro atoms. The van der Waals surface area contributed by atoms with Crippen LogP contribution in [0.5, 0.6) is 0 Å². The van der Waals surface area contributed by atoms with Crippen molar-refractivity contribution in [2.45, 2.75) is 36.6 Å². The van der Waals surface area contributed by atoms with Gasteiger partial charge in [-0.3, -0.25) is 14.2 Å². The Balaban J connectivity index is 1.76. The lowest BCUT2D eigenvalue weighted by atomic mass is 10.1. The van der Waals surface area contributed by atoms with E-state index in [9.17, 15) is 19.8 Å². The number of nitrogens with two attached hydrogens (primary N) is 3. The smallest absolute Gasteiger partial charge is 0.325 e. The van der Waals surface area contributed by atoms with Crippen molar-refractivity contribution in [2.24, 2.45) is 11.5 Å². The van der Waals surface area contributed by atoms with Crippen LogP contribution in [0.2, 0.25) is 0 Å². The maximum atomic E-state index is 11.2. The van der Waals surface area contributed by atoms with E-state index < -0.39 is 58.5 Å². The molecule has 2 aromatic heterocycles. The average Bonchev–Trinajstić information content (AvgIpc) is 3.28. The Hall–Kier alpha value is -2.21. The summed E-state index contributed by atoms with van der Waals surface area (Å²) in [7, 11) is 0.317. The van der Waals surface area contributed by atoms with E-state index in [0.717, 1.165) is 10.8 Å². The number of carboxylic acids is 2. The number of nitrogens with zero attached hydrogens (tertiary/aromatic N) is 4. The lowest BCUT2D eigenvalue weighted by Crippen LogP contribution is -2.41. The lowest BCUT2D eigenvalue weighted by molar-refractivity contribution is -0.138. The van der Waals surface area contributed by atoms with Gasteiger partial charge >= 0.3 is 11.9 Å². The Morgan fingerprint density at radius 1 is 1.16 bits per heavy atom. The quantitative estimate of drug-likeness (QED) is 0.131. The fourth-order valence-corrected chi connectivity index (χ4v) is 7.44. The number of hydrogen-bond acceptors (Lipinski definition) is 12. The highest BCUT2D eigenvalue weighted by molar-refractivity contribution is 8.74. The van der Waals surface area contributed by atoms with E-state index in [1.54, 1.807) is 0 Å². The number of rotatable bonds is 10.